The van der Waals surface area contributed by atoms with E-state index in [0.717, 1.165) is 38.8 Å². The molecule has 3 rings (SSSR count). The largest absolute Gasteiger partial charge is 0.486 e. The molecule has 1 atom stereocenters. The minimum atomic E-state index is 0.264. The van der Waals surface area contributed by atoms with Crippen molar-refractivity contribution in [1.29, 1.82) is 0 Å². The van der Waals surface area contributed by atoms with Gasteiger partial charge in [0.1, 0.15) is 18.2 Å². The molecule has 2 heterocycles. The van der Waals surface area contributed by atoms with Gasteiger partial charge in [0.2, 0.25) is 0 Å². The molecule has 0 saturated carbocycles. The monoisotopic (exact) mass is 368 g/mol. The standard InChI is InChI=1S/C15H17BrN2O2S/c1-3-17-9(2)12-8-21-15(18-12)10-6-11(16)14-13(7-10)19-4-5-20-14/h6-9,17H,3-5H2,1-2H3. The van der Waals surface area contributed by atoms with Crippen molar-refractivity contribution in [2.24, 2.45) is 0 Å². The van der Waals surface area contributed by atoms with Gasteiger partial charge >= 0.3 is 0 Å². The first-order chi connectivity index (χ1) is 10.2. The number of benzene rings is 1. The summed E-state index contributed by atoms with van der Waals surface area (Å²) >= 11 is 5.20. The van der Waals surface area contributed by atoms with Crippen LogP contribution in [-0.2, 0) is 0 Å². The number of thiazole rings is 1. The summed E-state index contributed by atoms with van der Waals surface area (Å²) in [6.07, 6.45) is 0. The Balaban J connectivity index is 1.92. The fourth-order valence-corrected chi connectivity index (χ4v) is 3.72. The molecule has 0 spiro atoms. The van der Waals surface area contributed by atoms with Crippen molar-refractivity contribution in [2.75, 3.05) is 19.8 Å². The van der Waals surface area contributed by atoms with Gasteiger partial charge in [0.05, 0.1) is 10.2 Å². The van der Waals surface area contributed by atoms with Crippen LogP contribution in [0.25, 0.3) is 10.6 Å². The molecule has 0 saturated heterocycles. The van der Waals surface area contributed by atoms with Gasteiger partial charge in [0, 0.05) is 17.0 Å². The number of halogens is 1. The third-order valence-electron chi connectivity index (χ3n) is 3.32. The maximum atomic E-state index is 5.67. The van der Waals surface area contributed by atoms with Gasteiger partial charge in [0.15, 0.2) is 11.5 Å². The van der Waals surface area contributed by atoms with Crippen molar-refractivity contribution >= 4 is 27.3 Å². The summed E-state index contributed by atoms with van der Waals surface area (Å²) in [6.45, 7) is 6.34. The molecule has 1 unspecified atom stereocenters. The second-order valence-electron chi connectivity index (χ2n) is 4.84. The van der Waals surface area contributed by atoms with Gasteiger partial charge < -0.3 is 14.8 Å². The summed E-state index contributed by atoms with van der Waals surface area (Å²) in [5, 5.41) is 6.48. The molecular weight excluding hydrogens is 352 g/mol. The van der Waals surface area contributed by atoms with E-state index in [0.29, 0.717) is 13.2 Å². The van der Waals surface area contributed by atoms with E-state index in [1.807, 2.05) is 12.1 Å². The van der Waals surface area contributed by atoms with Crippen molar-refractivity contribution < 1.29 is 9.47 Å². The molecule has 21 heavy (non-hydrogen) atoms. The molecule has 0 aliphatic carbocycles. The zero-order valence-corrected chi connectivity index (χ0v) is 14.4. The predicted octanol–water partition coefficient (Wildman–Crippen LogP) is 4.01. The highest BCUT2D eigenvalue weighted by Gasteiger charge is 2.18. The molecule has 1 aliphatic rings. The lowest BCUT2D eigenvalue weighted by molar-refractivity contribution is 0.170. The third-order valence-corrected chi connectivity index (χ3v) is 4.82. The Bertz CT molecular complexity index is 645. The maximum absolute atomic E-state index is 5.67. The Morgan fingerprint density at radius 3 is 3.00 bits per heavy atom. The van der Waals surface area contributed by atoms with Gasteiger partial charge in [-0.1, -0.05) is 6.92 Å². The topological polar surface area (TPSA) is 43.4 Å². The van der Waals surface area contributed by atoms with Crippen LogP contribution in [0.1, 0.15) is 25.6 Å². The van der Waals surface area contributed by atoms with Crippen LogP contribution in [0.3, 0.4) is 0 Å². The molecule has 2 aromatic rings. The fourth-order valence-electron chi connectivity index (χ4n) is 2.26. The first-order valence-corrected chi connectivity index (χ1v) is 8.64. The molecule has 1 aromatic carbocycles. The van der Waals surface area contributed by atoms with Crippen LogP contribution < -0.4 is 14.8 Å². The average molecular weight is 369 g/mol. The minimum absolute atomic E-state index is 0.264. The summed E-state index contributed by atoms with van der Waals surface area (Å²) in [6, 6.07) is 4.30. The van der Waals surface area contributed by atoms with Crippen LogP contribution in [0.2, 0.25) is 0 Å². The van der Waals surface area contributed by atoms with Crippen LogP contribution in [0.15, 0.2) is 22.0 Å². The highest BCUT2D eigenvalue weighted by molar-refractivity contribution is 9.10. The van der Waals surface area contributed by atoms with Gasteiger partial charge in [0.25, 0.3) is 0 Å². The van der Waals surface area contributed by atoms with Crippen molar-refractivity contribution in [1.82, 2.24) is 10.3 Å². The molecule has 1 N–H and O–H groups in total. The van der Waals surface area contributed by atoms with Crippen LogP contribution in [0.5, 0.6) is 11.5 Å². The first-order valence-electron chi connectivity index (χ1n) is 6.97. The Morgan fingerprint density at radius 1 is 1.38 bits per heavy atom. The lowest BCUT2D eigenvalue weighted by Gasteiger charge is -2.20. The van der Waals surface area contributed by atoms with Gasteiger partial charge in [-0.3, -0.25) is 0 Å². The summed E-state index contributed by atoms with van der Waals surface area (Å²) in [5.41, 5.74) is 2.12. The lowest BCUT2D eigenvalue weighted by atomic mass is 10.2. The van der Waals surface area contributed by atoms with Crippen molar-refractivity contribution in [3.63, 3.8) is 0 Å². The van der Waals surface area contributed by atoms with Gasteiger partial charge in [-0.15, -0.1) is 11.3 Å². The second kappa shape index (κ2) is 6.34. The van der Waals surface area contributed by atoms with E-state index in [9.17, 15) is 0 Å². The molecule has 0 amide bonds. The van der Waals surface area contributed by atoms with E-state index in [4.69, 9.17) is 14.5 Å². The summed E-state index contributed by atoms with van der Waals surface area (Å²) in [4.78, 5) is 4.73. The smallest absolute Gasteiger partial charge is 0.175 e. The van der Waals surface area contributed by atoms with Gasteiger partial charge in [-0.25, -0.2) is 4.98 Å². The SMILES string of the molecule is CCNC(C)c1csc(-c2cc(Br)c3c(c2)OCCO3)n1. The summed E-state index contributed by atoms with van der Waals surface area (Å²) in [7, 11) is 0. The molecule has 0 fully saturated rings. The Kier molecular flexibility index (Phi) is 4.47. The molecule has 0 radical (unpaired) electrons. The number of hydrogen-bond acceptors (Lipinski definition) is 5. The molecule has 1 aromatic heterocycles. The van der Waals surface area contributed by atoms with Crippen molar-refractivity contribution in [3.05, 3.63) is 27.7 Å². The average Bonchev–Trinajstić information content (AvgIpc) is 2.97. The number of rotatable bonds is 4. The van der Waals surface area contributed by atoms with Crippen LogP contribution in [0, 0.1) is 0 Å². The highest BCUT2D eigenvalue weighted by Crippen LogP contribution is 2.41. The predicted molar refractivity (Wildman–Crippen MR) is 88.3 cm³/mol. The van der Waals surface area contributed by atoms with E-state index in [1.54, 1.807) is 11.3 Å². The second-order valence-corrected chi connectivity index (χ2v) is 6.55. The van der Waals surface area contributed by atoms with Crippen molar-refractivity contribution in [3.8, 4) is 22.1 Å². The number of aromatic nitrogens is 1. The Morgan fingerprint density at radius 2 is 2.19 bits per heavy atom. The van der Waals surface area contributed by atoms with Crippen molar-refractivity contribution in [2.45, 2.75) is 19.9 Å². The zero-order chi connectivity index (χ0) is 14.8. The first kappa shape index (κ1) is 14.8. The lowest BCUT2D eigenvalue weighted by Crippen LogP contribution is -2.17. The molecule has 1 aliphatic heterocycles. The molecule has 0 bridgehead atoms. The number of fused-ring (bicyclic) bond motifs is 1. The number of hydrogen-bond donors (Lipinski definition) is 1. The maximum Gasteiger partial charge on any atom is 0.175 e. The molecule has 4 nitrogen and oxygen atoms in total. The molecule has 112 valence electrons. The van der Waals surface area contributed by atoms with E-state index in [-0.39, 0.29) is 6.04 Å². The highest BCUT2D eigenvalue weighted by atomic mass is 79.9. The number of nitrogens with zero attached hydrogens (tertiary/aromatic N) is 1. The number of nitrogens with one attached hydrogen (secondary N) is 1. The molecular formula is C15H17BrN2O2S. The van der Waals surface area contributed by atoms with Gasteiger partial charge in [-0.2, -0.15) is 0 Å². The summed E-state index contributed by atoms with van der Waals surface area (Å²) < 4.78 is 12.2. The van der Waals surface area contributed by atoms with Crippen LogP contribution in [-0.4, -0.2) is 24.7 Å². The van der Waals surface area contributed by atoms with E-state index in [1.165, 1.54) is 0 Å². The zero-order valence-electron chi connectivity index (χ0n) is 12.0. The van der Waals surface area contributed by atoms with Gasteiger partial charge in [-0.05, 0) is 41.5 Å². The third kappa shape index (κ3) is 3.07. The van der Waals surface area contributed by atoms with E-state index >= 15 is 0 Å². The normalized spacial score (nSPS) is 15.0. The molecule has 6 heteroatoms. The fraction of sp³-hybridized carbons (Fsp3) is 0.400. The minimum Gasteiger partial charge on any atom is -0.486 e. The Hall–Kier alpha value is -1.11. The van der Waals surface area contributed by atoms with Crippen LogP contribution >= 0.6 is 27.3 Å². The summed E-state index contributed by atoms with van der Waals surface area (Å²) in [5.74, 6) is 1.56. The number of ether oxygens (including phenoxy) is 2. The Labute approximate surface area is 136 Å². The van der Waals surface area contributed by atoms with Crippen LogP contribution in [0.4, 0.5) is 0 Å². The quantitative estimate of drug-likeness (QED) is 0.884. The van der Waals surface area contributed by atoms with E-state index in [2.05, 4.69) is 40.5 Å². The van der Waals surface area contributed by atoms with E-state index < -0.39 is 0 Å².